The fourth-order valence-electron chi connectivity index (χ4n) is 2.06. The molecular weight excluding hydrogens is 219 g/mol. The Kier molecular flexibility index (Phi) is 3.61. The maximum atomic E-state index is 13.0. The summed E-state index contributed by atoms with van der Waals surface area (Å²) in [5, 5.41) is 2.89. The molecule has 4 heteroatoms. The van der Waals surface area contributed by atoms with Gasteiger partial charge in [0.05, 0.1) is 6.04 Å². The van der Waals surface area contributed by atoms with E-state index in [1.54, 1.807) is 11.0 Å². The van der Waals surface area contributed by atoms with E-state index in [0.717, 1.165) is 31.5 Å². The van der Waals surface area contributed by atoms with E-state index in [-0.39, 0.29) is 17.9 Å². The highest BCUT2D eigenvalue weighted by Gasteiger charge is 2.19. The Labute approximate surface area is 101 Å². The highest BCUT2D eigenvalue weighted by atomic mass is 19.1. The fraction of sp³-hybridized carbons (Fsp3) is 0.462. The zero-order chi connectivity index (χ0) is 12.3. The fourth-order valence-corrected chi connectivity index (χ4v) is 2.06. The van der Waals surface area contributed by atoms with E-state index >= 15 is 0 Å². The van der Waals surface area contributed by atoms with Crippen LogP contribution in [-0.4, -0.2) is 24.0 Å². The Morgan fingerprint density at radius 3 is 2.76 bits per heavy atom. The lowest BCUT2D eigenvalue weighted by Crippen LogP contribution is -2.39. The van der Waals surface area contributed by atoms with Gasteiger partial charge in [0.15, 0.2) is 0 Å². The van der Waals surface area contributed by atoms with Gasteiger partial charge in [-0.2, -0.15) is 0 Å². The summed E-state index contributed by atoms with van der Waals surface area (Å²) in [5.41, 5.74) is 0.789. The van der Waals surface area contributed by atoms with Crippen LogP contribution >= 0.6 is 0 Å². The highest BCUT2D eigenvalue weighted by Crippen LogP contribution is 2.15. The molecule has 0 bridgehead atoms. The lowest BCUT2D eigenvalue weighted by Gasteiger charge is -2.20. The largest absolute Gasteiger partial charge is 0.331 e. The molecule has 17 heavy (non-hydrogen) atoms. The van der Waals surface area contributed by atoms with Gasteiger partial charge < -0.3 is 10.2 Å². The van der Waals surface area contributed by atoms with Crippen molar-refractivity contribution < 1.29 is 9.18 Å². The summed E-state index contributed by atoms with van der Waals surface area (Å²) < 4.78 is 13.0. The zero-order valence-corrected chi connectivity index (χ0v) is 9.95. The van der Waals surface area contributed by atoms with E-state index in [1.807, 2.05) is 13.0 Å². The van der Waals surface area contributed by atoms with Crippen LogP contribution in [0.3, 0.4) is 0 Å². The molecule has 1 unspecified atom stereocenters. The molecule has 0 aliphatic carbocycles. The highest BCUT2D eigenvalue weighted by molar-refractivity contribution is 5.74. The molecule has 0 aromatic heterocycles. The number of amides is 2. The van der Waals surface area contributed by atoms with E-state index in [0.29, 0.717) is 0 Å². The van der Waals surface area contributed by atoms with Gasteiger partial charge in [0.1, 0.15) is 5.82 Å². The third-order valence-electron chi connectivity index (χ3n) is 3.08. The third kappa shape index (κ3) is 2.96. The Balaban J connectivity index is 1.96. The average molecular weight is 236 g/mol. The predicted octanol–water partition coefficient (Wildman–Crippen LogP) is 2.69. The minimum Gasteiger partial charge on any atom is -0.331 e. The minimum absolute atomic E-state index is 0.0562. The number of nitrogens with one attached hydrogen (secondary N) is 1. The van der Waals surface area contributed by atoms with Gasteiger partial charge >= 0.3 is 6.03 Å². The van der Waals surface area contributed by atoms with Gasteiger partial charge in [0.2, 0.25) is 0 Å². The number of hydrogen-bond donors (Lipinski definition) is 1. The molecule has 1 aromatic carbocycles. The Bertz CT molecular complexity index is 402. The van der Waals surface area contributed by atoms with Gasteiger partial charge in [0.25, 0.3) is 0 Å². The Hall–Kier alpha value is -1.58. The Morgan fingerprint density at radius 2 is 2.12 bits per heavy atom. The van der Waals surface area contributed by atoms with Gasteiger partial charge in [0, 0.05) is 13.1 Å². The van der Waals surface area contributed by atoms with Crippen LogP contribution in [0.2, 0.25) is 0 Å². The molecule has 1 saturated heterocycles. The first kappa shape index (κ1) is 11.9. The summed E-state index contributed by atoms with van der Waals surface area (Å²) in [4.78, 5) is 13.6. The molecule has 1 aliphatic heterocycles. The second-order valence-electron chi connectivity index (χ2n) is 4.42. The Morgan fingerprint density at radius 1 is 1.41 bits per heavy atom. The van der Waals surface area contributed by atoms with E-state index in [4.69, 9.17) is 0 Å². The number of likely N-dealkylation sites (tertiary alicyclic amines) is 1. The molecular formula is C13H17FN2O. The predicted molar refractivity (Wildman–Crippen MR) is 64.2 cm³/mol. The number of halogens is 1. The van der Waals surface area contributed by atoms with Gasteiger partial charge in [-0.25, -0.2) is 9.18 Å². The van der Waals surface area contributed by atoms with Crippen LogP contribution in [0.4, 0.5) is 9.18 Å². The smallest absolute Gasteiger partial charge is 0.317 e. The van der Waals surface area contributed by atoms with Crippen LogP contribution in [0, 0.1) is 5.82 Å². The first-order valence-electron chi connectivity index (χ1n) is 5.98. The van der Waals surface area contributed by atoms with Crippen LogP contribution in [0.5, 0.6) is 0 Å². The number of rotatable bonds is 2. The summed E-state index contributed by atoms with van der Waals surface area (Å²) in [7, 11) is 0. The number of carbonyl (C=O) groups is 1. The standard InChI is InChI=1S/C13H17FN2O/c1-10(11-5-4-6-12(14)9-11)15-13(17)16-7-2-3-8-16/h4-6,9-10H,2-3,7-8H2,1H3,(H,15,17). The van der Waals surface area contributed by atoms with Crippen LogP contribution in [0.15, 0.2) is 24.3 Å². The van der Waals surface area contributed by atoms with Crippen molar-refractivity contribution >= 4 is 6.03 Å². The van der Waals surface area contributed by atoms with E-state index in [1.165, 1.54) is 12.1 Å². The molecule has 1 aromatic rings. The molecule has 0 spiro atoms. The quantitative estimate of drug-likeness (QED) is 0.841. The van der Waals surface area contributed by atoms with E-state index in [2.05, 4.69) is 5.32 Å². The topological polar surface area (TPSA) is 32.3 Å². The van der Waals surface area contributed by atoms with Gasteiger partial charge in [-0.1, -0.05) is 12.1 Å². The lowest BCUT2D eigenvalue weighted by molar-refractivity contribution is 0.205. The number of nitrogens with zero attached hydrogens (tertiary/aromatic N) is 1. The number of carbonyl (C=O) groups excluding carboxylic acids is 1. The van der Waals surface area contributed by atoms with Crippen molar-refractivity contribution in [1.29, 1.82) is 0 Å². The number of hydrogen-bond acceptors (Lipinski definition) is 1. The molecule has 1 N–H and O–H groups in total. The van der Waals surface area contributed by atoms with Gasteiger partial charge in [-0.15, -0.1) is 0 Å². The van der Waals surface area contributed by atoms with Gasteiger partial charge in [-0.05, 0) is 37.5 Å². The maximum absolute atomic E-state index is 13.0. The molecule has 3 nitrogen and oxygen atoms in total. The molecule has 1 fully saturated rings. The molecule has 0 saturated carbocycles. The molecule has 1 atom stereocenters. The van der Waals surface area contributed by atoms with E-state index < -0.39 is 0 Å². The number of benzene rings is 1. The summed E-state index contributed by atoms with van der Waals surface area (Å²) in [6, 6.07) is 6.10. The van der Waals surface area contributed by atoms with Crippen LogP contribution in [-0.2, 0) is 0 Å². The normalized spacial score (nSPS) is 16.9. The number of urea groups is 1. The van der Waals surface area contributed by atoms with Crippen LogP contribution in [0.1, 0.15) is 31.4 Å². The molecule has 2 rings (SSSR count). The van der Waals surface area contributed by atoms with Crippen LogP contribution < -0.4 is 5.32 Å². The van der Waals surface area contributed by atoms with Crippen LogP contribution in [0.25, 0.3) is 0 Å². The molecule has 1 heterocycles. The summed E-state index contributed by atoms with van der Waals surface area (Å²) in [6.07, 6.45) is 2.14. The maximum Gasteiger partial charge on any atom is 0.317 e. The lowest BCUT2D eigenvalue weighted by atomic mass is 10.1. The first-order chi connectivity index (χ1) is 8.16. The van der Waals surface area contributed by atoms with Crippen molar-refractivity contribution in [3.8, 4) is 0 Å². The van der Waals surface area contributed by atoms with Crippen molar-refractivity contribution in [1.82, 2.24) is 10.2 Å². The molecule has 1 aliphatic rings. The second kappa shape index (κ2) is 5.17. The average Bonchev–Trinajstić information content (AvgIpc) is 2.82. The monoisotopic (exact) mass is 236 g/mol. The molecule has 92 valence electrons. The SMILES string of the molecule is CC(NC(=O)N1CCCC1)c1cccc(F)c1. The van der Waals surface area contributed by atoms with Gasteiger partial charge in [-0.3, -0.25) is 0 Å². The second-order valence-corrected chi connectivity index (χ2v) is 4.42. The van der Waals surface area contributed by atoms with Crippen molar-refractivity contribution in [2.75, 3.05) is 13.1 Å². The minimum atomic E-state index is -0.273. The summed E-state index contributed by atoms with van der Waals surface area (Å²) in [6.45, 7) is 3.51. The molecule has 2 amide bonds. The van der Waals surface area contributed by atoms with Crippen molar-refractivity contribution in [2.45, 2.75) is 25.8 Å². The van der Waals surface area contributed by atoms with Crippen molar-refractivity contribution in [2.24, 2.45) is 0 Å². The summed E-state index contributed by atoms with van der Waals surface area (Å²) in [5.74, 6) is -0.273. The van der Waals surface area contributed by atoms with Crippen molar-refractivity contribution in [3.05, 3.63) is 35.6 Å². The molecule has 0 radical (unpaired) electrons. The third-order valence-corrected chi connectivity index (χ3v) is 3.08. The van der Waals surface area contributed by atoms with E-state index in [9.17, 15) is 9.18 Å². The first-order valence-corrected chi connectivity index (χ1v) is 5.98. The zero-order valence-electron chi connectivity index (χ0n) is 9.95. The summed E-state index contributed by atoms with van der Waals surface area (Å²) >= 11 is 0. The van der Waals surface area contributed by atoms with Crippen molar-refractivity contribution in [3.63, 3.8) is 0 Å².